The van der Waals surface area contributed by atoms with E-state index in [9.17, 15) is 4.79 Å². The van der Waals surface area contributed by atoms with Crippen LogP contribution >= 0.6 is 0 Å². The van der Waals surface area contributed by atoms with Crippen LogP contribution in [-0.4, -0.2) is 44.7 Å². The van der Waals surface area contributed by atoms with Crippen molar-refractivity contribution in [3.05, 3.63) is 41.2 Å². The molecule has 140 valence electrons. The molecule has 1 amide bonds. The Bertz CT molecular complexity index is 1020. The molecule has 0 saturated carbocycles. The number of nitrogens with one attached hydrogen (secondary N) is 1. The number of aromatic nitrogens is 4. The Labute approximate surface area is 155 Å². The molecule has 9 nitrogen and oxygen atoms in total. The lowest BCUT2D eigenvalue weighted by Gasteiger charge is -2.26. The van der Waals surface area contributed by atoms with Gasteiger partial charge in [0.15, 0.2) is 11.5 Å². The topological polar surface area (TPSA) is 117 Å². The SMILES string of the molecule is Cc1nc2nc(N)nn2c(C)c1CC(=O)NCC1COc2ccccc2O1. The molecule has 3 aromatic rings. The maximum absolute atomic E-state index is 12.4. The maximum Gasteiger partial charge on any atom is 0.254 e. The zero-order valence-corrected chi connectivity index (χ0v) is 15.1. The van der Waals surface area contributed by atoms with Crippen molar-refractivity contribution >= 4 is 17.6 Å². The van der Waals surface area contributed by atoms with Crippen LogP contribution in [0.25, 0.3) is 5.78 Å². The lowest BCUT2D eigenvalue weighted by molar-refractivity contribution is -0.121. The molecule has 1 unspecified atom stereocenters. The highest BCUT2D eigenvalue weighted by molar-refractivity contribution is 5.79. The third-order valence-corrected chi connectivity index (χ3v) is 4.50. The molecule has 0 spiro atoms. The summed E-state index contributed by atoms with van der Waals surface area (Å²) in [5.74, 6) is 1.86. The number of hydrogen-bond acceptors (Lipinski definition) is 7. The minimum Gasteiger partial charge on any atom is -0.486 e. The van der Waals surface area contributed by atoms with E-state index in [1.54, 1.807) is 4.52 Å². The van der Waals surface area contributed by atoms with Crippen LogP contribution in [0.2, 0.25) is 0 Å². The van der Waals surface area contributed by atoms with Crippen LogP contribution in [0, 0.1) is 13.8 Å². The second-order valence-electron chi connectivity index (χ2n) is 6.42. The summed E-state index contributed by atoms with van der Waals surface area (Å²) in [7, 11) is 0. The number of nitrogens with two attached hydrogens (primary N) is 1. The lowest BCUT2D eigenvalue weighted by Crippen LogP contribution is -2.41. The number of para-hydroxylation sites is 2. The summed E-state index contributed by atoms with van der Waals surface area (Å²) in [5.41, 5.74) is 7.96. The van der Waals surface area contributed by atoms with Gasteiger partial charge in [-0.15, -0.1) is 5.10 Å². The molecule has 1 atom stereocenters. The fourth-order valence-electron chi connectivity index (χ4n) is 3.09. The average molecular weight is 368 g/mol. The van der Waals surface area contributed by atoms with E-state index >= 15 is 0 Å². The van der Waals surface area contributed by atoms with E-state index in [1.807, 2.05) is 38.1 Å². The first-order valence-electron chi connectivity index (χ1n) is 8.65. The smallest absolute Gasteiger partial charge is 0.254 e. The van der Waals surface area contributed by atoms with Crippen LogP contribution in [0.15, 0.2) is 24.3 Å². The van der Waals surface area contributed by atoms with Gasteiger partial charge in [0.1, 0.15) is 12.7 Å². The normalized spacial score (nSPS) is 15.7. The second kappa shape index (κ2) is 6.75. The number of rotatable bonds is 4. The molecule has 4 rings (SSSR count). The van der Waals surface area contributed by atoms with Gasteiger partial charge in [0.2, 0.25) is 11.9 Å². The van der Waals surface area contributed by atoms with Crippen molar-refractivity contribution in [2.75, 3.05) is 18.9 Å². The van der Waals surface area contributed by atoms with Gasteiger partial charge < -0.3 is 20.5 Å². The first-order valence-corrected chi connectivity index (χ1v) is 8.65. The highest BCUT2D eigenvalue weighted by atomic mass is 16.6. The Morgan fingerprint density at radius 1 is 1.30 bits per heavy atom. The van der Waals surface area contributed by atoms with Crippen molar-refractivity contribution in [1.29, 1.82) is 0 Å². The van der Waals surface area contributed by atoms with E-state index in [0.29, 0.717) is 24.7 Å². The number of hydrogen-bond donors (Lipinski definition) is 2. The Morgan fingerprint density at radius 3 is 2.89 bits per heavy atom. The van der Waals surface area contributed by atoms with Gasteiger partial charge >= 0.3 is 0 Å². The van der Waals surface area contributed by atoms with Gasteiger partial charge in [-0.3, -0.25) is 4.79 Å². The quantitative estimate of drug-likeness (QED) is 0.700. The van der Waals surface area contributed by atoms with Gasteiger partial charge in [-0.25, -0.2) is 4.98 Å². The number of carbonyl (C=O) groups excluding carboxylic acids is 1. The molecule has 0 saturated heterocycles. The predicted octanol–water partition coefficient (Wildman–Crippen LogP) is 0.822. The Morgan fingerprint density at radius 2 is 2.07 bits per heavy atom. The summed E-state index contributed by atoms with van der Waals surface area (Å²) in [4.78, 5) is 20.9. The van der Waals surface area contributed by atoms with Crippen molar-refractivity contribution in [1.82, 2.24) is 24.9 Å². The number of nitrogens with zero attached hydrogens (tertiary/aromatic N) is 4. The predicted molar refractivity (Wildman–Crippen MR) is 97.7 cm³/mol. The van der Waals surface area contributed by atoms with Gasteiger partial charge in [0.05, 0.1) is 13.0 Å². The molecule has 1 aliphatic heterocycles. The molecule has 1 aliphatic rings. The number of anilines is 1. The Kier molecular flexibility index (Phi) is 4.27. The summed E-state index contributed by atoms with van der Waals surface area (Å²) < 4.78 is 13.1. The van der Waals surface area contributed by atoms with Crippen molar-refractivity contribution in [2.45, 2.75) is 26.4 Å². The van der Waals surface area contributed by atoms with Crippen molar-refractivity contribution in [3.63, 3.8) is 0 Å². The van der Waals surface area contributed by atoms with Crippen LogP contribution in [0.3, 0.4) is 0 Å². The fourth-order valence-corrected chi connectivity index (χ4v) is 3.09. The number of nitrogen functional groups attached to an aromatic ring is 1. The number of ether oxygens (including phenoxy) is 2. The number of fused-ring (bicyclic) bond motifs is 2. The van der Waals surface area contributed by atoms with Crippen LogP contribution in [0.5, 0.6) is 11.5 Å². The van der Waals surface area contributed by atoms with E-state index in [2.05, 4.69) is 20.4 Å². The summed E-state index contributed by atoms with van der Waals surface area (Å²) in [6.45, 7) is 4.46. The van der Waals surface area contributed by atoms with Crippen molar-refractivity contribution in [3.8, 4) is 11.5 Å². The fraction of sp³-hybridized carbons (Fsp3) is 0.333. The molecular formula is C18H20N6O3. The van der Waals surface area contributed by atoms with E-state index < -0.39 is 0 Å². The number of aryl methyl sites for hydroxylation is 2. The largest absolute Gasteiger partial charge is 0.486 e. The second-order valence-corrected chi connectivity index (χ2v) is 6.42. The zero-order valence-electron chi connectivity index (χ0n) is 15.1. The van der Waals surface area contributed by atoms with Gasteiger partial charge in [-0.2, -0.15) is 9.50 Å². The zero-order chi connectivity index (χ0) is 19.0. The van der Waals surface area contributed by atoms with Crippen LogP contribution < -0.4 is 20.5 Å². The molecule has 27 heavy (non-hydrogen) atoms. The summed E-state index contributed by atoms with van der Waals surface area (Å²) in [6, 6.07) is 7.48. The molecule has 2 aromatic heterocycles. The Balaban J connectivity index is 1.41. The van der Waals surface area contributed by atoms with Crippen molar-refractivity contribution in [2.24, 2.45) is 0 Å². The summed E-state index contributed by atoms with van der Waals surface area (Å²) in [6.07, 6.45) is -0.0494. The van der Waals surface area contributed by atoms with Crippen molar-refractivity contribution < 1.29 is 14.3 Å². The minimum atomic E-state index is -0.234. The molecule has 3 N–H and O–H groups in total. The molecule has 9 heteroatoms. The van der Waals surface area contributed by atoms with Gasteiger partial charge in [-0.1, -0.05) is 12.1 Å². The number of benzene rings is 1. The van der Waals surface area contributed by atoms with Gasteiger partial charge in [0, 0.05) is 17.0 Å². The molecule has 0 bridgehead atoms. The van der Waals surface area contributed by atoms with Crippen LogP contribution in [0.1, 0.15) is 17.0 Å². The van der Waals surface area contributed by atoms with Gasteiger partial charge in [-0.05, 0) is 26.0 Å². The molecular weight excluding hydrogens is 348 g/mol. The van der Waals surface area contributed by atoms with Gasteiger partial charge in [0.25, 0.3) is 5.78 Å². The highest BCUT2D eigenvalue weighted by Gasteiger charge is 2.22. The molecule has 3 heterocycles. The lowest BCUT2D eigenvalue weighted by atomic mass is 10.1. The van der Waals surface area contributed by atoms with E-state index in [1.165, 1.54) is 0 Å². The third-order valence-electron chi connectivity index (χ3n) is 4.50. The van der Waals surface area contributed by atoms with E-state index in [-0.39, 0.29) is 24.4 Å². The van der Waals surface area contributed by atoms with E-state index in [0.717, 1.165) is 22.7 Å². The highest BCUT2D eigenvalue weighted by Crippen LogP contribution is 2.30. The number of amides is 1. The van der Waals surface area contributed by atoms with Crippen LogP contribution in [0.4, 0.5) is 5.95 Å². The molecule has 0 aliphatic carbocycles. The summed E-state index contributed by atoms with van der Waals surface area (Å²) in [5, 5.41) is 7.01. The minimum absolute atomic E-state index is 0.127. The number of carbonyl (C=O) groups is 1. The molecule has 0 fully saturated rings. The Hall–Kier alpha value is -3.36. The third kappa shape index (κ3) is 3.35. The first-order chi connectivity index (χ1) is 13.0. The summed E-state index contributed by atoms with van der Waals surface area (Å²) >= 11 is 0. The van der Waals surface area contributed by atoms with E-state index in [4.69, 9.17) is 15.2 Å². The standard InChI is InChI=1S/C18H20N6O3/c1-10-13(11(2)24-18(21-10)22-17(19)23-24)7-16(25)20-8-12-9-26-14-5-3-4-6-15(14)27-12/h3-6,12H,7-9H2,1-2H3,(H2,19,23)(H,20,25). The molecule has 1 aromatic carbocycles. The molecule has 0 radical (unpaired) electrons. The van der Waals surface area contributed by atoms with Crippen LogP contribution in [-0.2, 0) is 11.2 Å². The monoisotopic (exact) mass is 368 g/mol. The average Bonchev–Trinajstić information content (AvgIpc) is 3.03. The maximum atomic E-state index is 12.4. The first kappa shape index (κ1) is 17.1.